The third-order valence-electron chi connectivity index (χ3n) is 2.83. The molecule has 1 aliphatic rings. The number of aromatic nitrogens is 1. The number of nitrogens with zero attached hydrogens (tertiary/aromatic N) is 1. The van der Waals surface area contributed by atoms with Crippen LogP contribution in [0.25, 0.3) is 0 Å². The van der Waals surface area contributed by atoms with Gasteiger partial charge in [0.1, 0.15) is 11.5 Å². The lowest BCUT2D eigenvalue weighted by Crippen LogP contribution is -2.06. The first kappa shape index (κ1) is 12.1. The molecule has 3 heteroatoms. The fourth-order valence-corrected chi connectivity index (χ4v) is 1.81. The number of Topliss-reactive ketones (excluding diaryl/α,β-unsaturated/α-hetero) is 1. The highest BCUT2D eigenvalue weighted by Gasteiger charge is 2.28. The van der Waals surface area contributed by atoms with E-state index in [2.05, 4.69) is 4.98 Å². The molecular weight excluding hydrogens is 214 g/mol. The second kappa shape index (κ2) is 5.30. The first-order valence-electron chi connectivity index (χ1n) is 6.28. The van der Waals surface area contributed by atoms with E-state index in [0.29, 0.717) is 18.1 Å². The molecular formula is C14H19NO2. The van der Waals surface area contributed by atoms with Crippen LogP contribution in [0.5, 0.6) is 5.75 Å². The average Bonchev–Trinajstić information content (AvgIpc) is 3.09. The third-order valence-corrected chi connectivity index (χ3v) is 2.83. The number of carbonyl (C=O) groups excluding carboxylic acids is 1. The van der Waals surface area contributed by atoms with Gasteiger partial charge in [0.15, 0.2) is 0 Å². The van der Waals surface area contributed by atoms with E-state index >= 15 is 0 Å². The smallest absolute Gasteiger partial charge is 0.138 e. The first-order valence-corrected chi connectivity index (χ1v) is 6.28. The minimum atomic E-state index is 0.153. The molecule has 0 aliphatic heterocycles. The fraction of sp³-hybridized carbons (Fsp3) is 0.571. The van der Waals surface area contributed by atoms with E-state index in [-0.39, 0.29) is 6.10 Å². The van der Waals surface area contributed by atoms with Crippen molar-refractivity contribution in [1.82, 2.24) is 4.98 Å². The number of ketones is 1. The van der Waals surface area contributed by atoms with Crippen LogP contribution >= 0.6 is 0 Å². The molecule has 0 bridgehead atoms. The summed E-state index contributed by atoms with van der Waals surface area (Å²) in [6, 6.07) is 1.98. The van der Waals surface area contributed by atoms with Gasteiger partial charge in [-0.2, -0.15) is 0 Å². The van der Waals surface area contributed by atoms with Gasteiger partial charge in [-0.1, -0.05) is 0 Å². The number of ether oxygens (including phenoxy) is 1. The molecule has 0 saturated heterocycles. The Balaban J connectivity index is 1.88. The van der Waals surface area contributed by atoms with Crippen LogP contribution in [-0.4, -0.2) is 16.9 Å². The molecule has 0 radical (unpaired) electrons. The second-order valence-corrected chi connectivity index (χ2v) is 4.94. The molecule has 1 saturated carbocycles. The molecule has 0 unspecified atom stereocenters. The van der Waals surface area contributed by atoms with Gasteiger partial charge in [0.2, 0.25) is 0 Å². The Hall–Kier alpha value is -1.38. The quantitative estimate of drug-likeness (QED) is 0.758. The normalized spacial score (nSPS) is 15.0. The van der Waals surface area contributed by atoms with Crippen LogP contribution in [0, 0.1) is 5.92 Å². The Bertz CT molecular complexity index is 397. The van der Waals surface area contributed by atoms with E-state index in [4.69, 9.17) is 4.74 Å². The van der Waals surface area contributed by atoms with Crippen LogP contribution in [0.1, 0.15) is 38.7 Å². The Morgan fingerprint density at radius 3 is 2.88 bits per heavy atom. The largest absolute Gasteiger partial charge is 0.489 e. The van der Waals surface area contributed by atoms with Gasteiger partial charge in [0, 0.05) is 18.5 Å². The highest BCUT2D eigenvalue weighted by atomic mass is 16.5. The molecule has 0 aromatic carbocycles. The third kappa shape index (κ3) is 3.84. The van der Waals surface area contributed by atoms with Crippen molar-refractivity contribution < 1.29 is 9.53 Å². The number of hydrogen-bond acceptors (Lipinski definition) is 3. The zero-order valence-electron chi connectivity index (χ0n) is 10.5. The summed E-state index contributed by atoms with van der Waals surface area (Å²) in [5.74, 6) is 1.55. The minimum absolute atomic E-state index is 0.153. The van der Waals surface area contributed by atoms with Crippen LogP contribution in [0.3, 0.4) is 0 Å². The summed E-state index contributed by atoms with van der Waals surface area (Å²) in [6.07, 6.45) is 7.27. The summed E-state index contributed by atoms with van der Waals surface area (Å²) in [6.45, 7) is 3.98. The minimum Gasteiger partial charge on any atom is -0.489 e. The summed E-state index contributed by atoms with van der Waals surface area (Å²) in [7, 11) is 0. The van der Waals surface area contributed by atoms with Crippen LogP contribution in [0.2, 0.25) is 0 Å². The molecule has 3 nitrogen and oxygen atoms in total. The van der Waals surface area contributed by atoms with Crippen LogP contribution in [0.4, 0.5) is 0 Å². The van der Waals surface area contributed by atoms with E-state index < -0.39 is 0 Å². The summed E-state index contributed by atoms with van der Waals surface area (Å²) in [5, 5.41) is 0. The summed E-state index contributed by atoms with van der Waals surface area (Å²) < 4.78 is 5.57. The Morgan fingerprint density at radius 2 is 2.24 bits per heavy atom. The monoisotopic (exact) mass is 233 g/mol. The predicted molar refractivity (Wildman–Crippen MR) is 66.1 cm³/mol. The molecule has 1 aliphatic carbocycles. The number of pyridine rings is 1. The van der Waals surface area contributed by atoms with Gasteiger partial charge in [-0.15, -0.1) is 0 Å². The fourth-order valence-electron chi connectivity index (χ4n) is 1.81. The molecule has 1 heterocycles. The van der Waals surface area contributed by atoms with E-state index in [1.54, 1.807) is 6.20 Å². The van der Waals surface area contributed by atoms with Crippen LogP contribution in [-0.2, 0) is 11.2 Å². The summed E-state index contributed by atoms with van der Waals surface area (Å²) in [4.78, 5) is 15.7. The lowest BCUT2D eigenvalue weighted by molar-refractivity contribution is -0.120. The molecule has 1 fully saturated rings. The second-order valence-electron chi connectivity index (χ2n) is 4.94. The number of carbonyl (C=O) groups is 1. The van der Waals surface area contributed by atoms with E-state index in [0.717, 1.165) is 30.6 Å². The van der Waals surface area contributed by atoms with Crippen molar-refractivity contribution in [2.45, 2.75) is 45.6 Å². The lowest BCUT2D eigenvalue weighted by atomic mass is 10.1. The number of aryl methyl sites for hydroxylation is 1. The molecule has 17 heavy (non-hydrogen) atoms. The first-order chi connectivity index (χ1) is 8.15. The average molecular weight is 233 g/mol. The van der Waals surface area contributed by atoms with Gasteiger partial charge in [-0.05, 0) is 44.7 Å². The van der Waals surface area contributed by atoms with Crippen molar-refractivity contribution in [3.8, 4) is 5.75 Å². The summed E-state index contributed by atoms with van der Waals surface area (Å²) >= 11 is 0. The molecule has 0 spiro atoms. The summed E-state index contributed by atoms with van der Waals surface area (Å²) in [5.41, 5.74) is 1.08. The highest BCUT2D eigenvalue weighted by molar-refractivity contribution is 5.83. The molecule has 1 aromatic heterocycles. The lowest BCUT2D eigenvalue weighted by Gasteiger charge is -2.10. The van der Waals surface area contributed by atoms with Crippen molar-refractivity contribution in [2.75, 3.05) is 0 Å². The van der Waals surface area contributed by atoms with Gasteiger partial charge in [-0.25, -0.2) is 0 Å². The molecule has 0 atom stereocenters. The van der Waals surface area contributed by atoms with E-state index in [1.165, 1.54) is 0 Å². The predicted octanol–water partition coefficient (Wildman–Crippen LogP) is 2.78. The number of rotatable bonds is 6. The standard InChI is InChI=1S/C14H19NO2/c1-10(2)17-13-7-11(8-15-9-13)3-6-14(16)12-4-5-12/h7-10,12H,3-6H2,1-2H3. The Labute approximate surface area is 102 Å². The maximum atomic E-state index is 11.6. The Morgan fingerprint density at radius 1 is 1.47 bits per heavy atom. The molecule has 0 N–H and O–H groups in total. The van der Waals surface area contributed by atoms with Crippen molar-refractivity contribution in [1.29, 1.82) is 0 Å². The van der Waals surface area contributed by atoms with Crippen LogP contribution < -0.4 is 4.74 Å². The maximum Gasteiger partial charge on any atom is 0.138 e. The molecule has 0 amide bonds. The SMILES string of the molecule is CC(C)Oc1cncc(CCC(=O)C2CC2)c1. The number of hydrogen-bond donors (Lipinski definition) is 0. The topological polar surface area (TPSA) is 39.2 Å². The van der Waals surface area contributed by atoms with E-state index in [1.807, 2.05) is 26.1 Å². The van der Waals surface area contributed by atoms with Gasteiger partial charge in [-0.3, -0.25) is 9.78 Å². The van der Waals surface area contributed by atoms with Gasteiger partial charge in [0.25, 0.3) is 0 Å². The van der Waals surface area contributed by atoms with Crippen LogP contribution in [0.15, 0.2) is 18.5 Å². The van der Waals surface area contributed by atoms with Crippen molar-refractivity contribution in [3.63, 3.8) is 0 Å². The zero-order valence-corrected chi connectivity index (χ0v) is 10.5. The van der Waals surface area contributed by atoms with Gasteiger partial charge < -0.3 is 4.74 Å². The van der Waals surface area contributed by atoms with E-state index in [9.17, 15) is 4.79 Å². The zero-order chi connectivity index (χ0) is 12.3. The van der Waals surface area contributed by atoms with Crippen molar-refractivity contribution >= 4 is 5.78 Å². The molecule has 92 valence electrons. The van der Waals surface area contributed by atoms with Gasteiger partial charge in [0.05, 0.1) is 12.3 Å². The van der Waals surface area contributed by atoms with Crippen molar-refractivity contribution in [2.24, 2.45) is 5.92 Å². The Kier molecular flexibility index (Phi) is 3.77. The van der Waals surface area contributed by atoms with Crippen molar-refractivity contribution in [3.05, 3.63) is 24.0 Å². The molecule has 2 rings (SSSR count). The van der Waals surface area contributed by atoms with Gasteiger partial charge >= 0.3 is 0 Å². The highest BCUT2D eigenvalue weighted by Crippen LogP contribution is 2.31. The molecule has 1 aromatic rings. The maximum absolute atomic E-state index is 11.6.